The molecular weight excluding hydrogens is 226 g/mol. The standard InChI is InChI=1S/C11H18ClN3O/c1-8(2)15(6-3-7-16)11-9(13)4-5-10(12)14-11/h4-5,8,16H,3,6-7,13H2,1-2H3. The monoisotopic (exact) mass is 243 g/mol. The van der Waals surface area contributed by atoms with Gasteiger partial charge in [0.2, 0.25) is 0 Å². The van der Waals surface area contributed by atoms with Gasteiger partial charge in [-0.1, -0.05) is 11.6 Å². The minimum absolute atomic E-state index is 0.156. The summed E-state index contributed by atoms with van der Waals surface area (Å²) in [5.74, 6) is 0.691. The first-order valence-corrected chi connectivity index (χ1v) is 5.73. The van der Waals surface area contributed by atoms with E-state index >= 15 is 0 Å². The van der Waals surface area contributed by atoms with Gasteiger partial charge in [-0.15, -0.1) is 0 Å². The van der Waals surface area contributed by atoms with Gasteiger partial charge in [0, 0.05) is 19.2 Å². The zero-order valence-corrected chi connectivity index (χ0v) is 10.4. The SMILES string of the molecule is CC(C)N(CCCO)c1nc(Cl)ccc1N. The molecule has 0 saturated carbocycles. The third-order valence-corrected chi connectivity index (χ3v) is 2.53. The maximum Gasteiger partial charge on any atom is 0.153 e. The van der Waals surface area contributed by atoms with E-state index in [9.17, 15) is 0 Å². The molecule has 0 saturated heterocycles. The van der Waals surface area contributed by atoms with Crippen LogP contribution < -0.4 is 10.6 Å². The molecule has 0 amide bonds. The van der Waals surface area contributed by atoms with Crippen LogP contribution in [0.5, 0.6) is 0 Å². The van der Waals surface area contributed by atoms with E-state index in [0.717, 1.165) is 0 Å². The predicted octanol–water partition coefficient (Wildman–Crippen LogP) is 1.91. The topological polar surface area (TPSA) is 62.4 Å². The number of pyridine rings is 1. The Morgan fingerprint density at radius 1 is 1.50 bits per heavy atom. The molecule has 0 aliphatic rings. The molecule has 16 heavy (non-hydrogen) atoms. The highest BCUT2D eigenvalue weighted by atomic mass is 35.5. The number of hydrogen-bond donors (Lipinski definition) is 2. The third kappa shape index (κ3) is 3.25. The number of aliphatic hydroxyl groups is 1. The van der Waals surface area contributed by atoms with Gasteiger partial charge in [0.05, 0.1) is 5.69 Å². The van der Waals surface area contributed by atoms with Gasteiger partial charge in [-0.2, -0.15) is 0 Å². The summed E-state index contributed by atoms with van der Waals surface area (Å²) in [6.07, 6.45) is 0.686. The first-order chi connectivity index (χ1) is 7.56. The fraction of sp³-hybridized carbons (Fsp3) is 0.545. The lowest BCUT2D eigenvalue weighted by molar-refractivity contribution is 0.288. The molecule has 1 aromatic rings. The number of nitrogens with two attached hydrogens (primary N) is 1. The van der Waals surface area contributed by atoms with Crippen molar-refractivity contribution in [3.8, 4) is 0 Å². The highest BCUT2D eigenvalue weighted by Crippen LogP contribution is 2.24. The van der Waals surface area contributed by atoms with Gasteiger partial charge in [-0.25, -0.2) is 4.98 Å². The molecule has 3 N–H and O–H groups in total. The molecule has 0 aromatic carbocycles. The van der Waals surface area contributed by atoms with Gasteiger partial charge in [-0.05, 0) is 32.4 Å². The van der Waals surface area contributed by atoms with Crippen molar-refractivity contribution in [2.24, 2.45) is 0 Å². The number of aliphatic hydroxyl groups excluding tert-OH is 1. The van der Waals surface area contributed by atoms with Crippen molar-refractivity contribution in [2.45, 2.75) is 26.3 Å². The molecule has 0 unspecified atom stereocenters. The summed E-state index contributed by atoms with van der Waals surface area (Å²) in [4.78, 5) is 6.27. The van der Waals surface area contributed by atoms with Crippen LogP contribution in [-0.2, 0) is 0 Å². The highest BCUT2D eigenvalue weighted by Gasteiger charge is 2.14. The number of rotatable bonds is 5. The maximum atomic E-state index is 8.86. The molecule has 0 aliphatic heterocycles. The number of nitrogen functional groups attached to an aromatic ring is 1. The molecule has 0 aliphatic carbocycles. The summed E-state index contributed by atoms with van der Waals surface area (Å²) in [7, 11) is 0. The van der Waals surface area contributed by atoms with E-state index in [1.54, 1.807) is 12.1 Å². The molecule has 5 heteroatoms. The Morgan fingerprint density at radius 3 is 2.75 bits per heavy atom. The van der Waals surface area contributed by atoms with Gasteiger partial charge >= 0.3 is 0 Å². The van der Waals surface area contributed by atoms with E-state index < -0.39 is 0 Å². The van der Waals surface area contributed by atoms with Gasteiger partial charge < -0.3 is 15.7 Å². The Hall–Kier alpha value is -1.00. The molecule has 90 valence electrons. The van der Waals surface area contributed by atoms with Gasteiger partial charge in [-0.3, -0.25) is 0 Å². The summed E-state index contributed by atoms with van der Waals surface area (Å²) in [6.45, 7) is 4.98. The Morgan fingerprint density at radius 2 is 2.19 bits per heavy atom. The first kappa shape index (κ1) is 13.1. The van der Waals surface area contributed by atoms with Crippen LogP contribution >= 0.6 is 11.6 Å². The molecular formula is C11H18ClN3O. The zero-order chi connectivity index (χ0) is 12.1. The molecule has 1 rings (SSSR count). The lowest BCUT2D eigenvalue weighted by atomic mass is 10.2. The summed E-state index contributed by atoms with van der Waals surface area (Å²) < 4.78 is 0. The maximum absolute atomic E-state index is 8.86. The molecule has 0 atom stereocenters. The van der Waals surface area contributed by atoms with Crippen molar-refractivity contribution in [1.29, 1.82) is 0 Å². The van der Waals surface area contributed by atoms with Crippen LogP contribution in [0.15, 0.2) is 12.1 Å². The fourth-order valence-electron chi connectivity index (χ4n) is 1.52. The minimum atomic E-state index is 0.156. The summed E-state index contributed by atoms with van der Waals surface area (Å²) in [6, 6.07) is 3.68. The van der Waals surface area contributed by atoms with E-state index in [1.165, 1.54) is 0 Å². The van der Waals surface area contributed by atoms with Crippen LogP contribution in [-0.4, -0.2) is 29.3 Å². The van der Waals surface area contributed by atoms with E-state index in [-0.39, 0.29) is 12.6 Å². The number of nitrogens with zero attached hydrogens (tertiary/aromatic N) is 2. The third-order valence-electron chi connectivity index (χ3n) is 2.32. The summed E-state index contributed by atoms with van der Waals surface area (Å²) in [5, 5.41) is 9.29. The van der Waals surface area contributed by atoms with E-state index in [2.05, 4.69) is 18.8 Å². The Labute approximate surface area is 101 Å². The van der Waals surface area contributed by atoms with Gasteiger partial charge in [0.1, 0.15) is 5.15 Å². The number of anilines is 2. The van der Waals surface area contributed by atoms with Crippen LogP contribution in [0.1, 0.15) is 20.3 Å². The van der Waals surface area contributed by atoms with Crippen LogP contribution in [0.25, 0.3) is 0 Å². The molecule has 0 fully saturated rings. The quantitative estimate of drug-likeness (QED) is 0.776. The van der Waals surface area contributed by atoms with Crippen molar-refractivity contribution < 1.29 is 5.11 Å². The number of aromatic nitrogens is 1. The van der Waals surface area contributed by atoms with E-state index in [0.29, 0.717) is 29.6 Å². The van der Waals surface area contributed by atoms with E-state index in [4.69, 9.17) is 22.4 Å². The molecule has 1 aromatic heterocycles. The second-order valence-corrected chi connectivity index (χ2v) is 4.30. The van der Waals surface area contributed by atoms with Crippen molar-refractivity contribution in [3.63, 3.8) is 0 Å². The van der Waals surface area contributed by atoms with Crippen LogP contribution in [0.3, 0.4) is 0 Å². The predicted molar refractivity (Wildman–Crippen MR) is 67.8 cm³/mol. The number of halogens is 1. The largest absolute Gasteiger partial charge is 0.396 e. The average molecular weight is 244 g/mol. The second-order valence-electron chi connectivity index (χ2n) is 3.91. The number of hydrogen-bond acceptors (Lipinski definition) is 4. The summed E-state index contributed by atoms with van der Waals surface area (Å²) in [5.41, 5.74) is 6.48. The van der Waals surface area contributed by atoms with E-state index in [1.807, 2.05) is 4.90 Å². The van der Waals surface area contributed by atoms with Crippen molar-refractivity contribution >= 4 is 23.1 Å². The molecule has 0 radical (unpaired) electrons. The first-order valence-electron chi connectivity index (χ1n) is 5.35. The highest BCUT2D eigenvalue weighted by molar-refractivity contribution is 6.29. The Bertz CT molecular complexity index is 344. The summed E-state index contributed by atoms with van der Waals surface area (Å²) >= 11 is 5.86. The average Bonchev–Trinajstić information content (AvgIpc) is 2.23. The molecule has 4 nitrogen and oxygen atoms in total. The van der Waals surface area contributed by atoms with Crippen LogP contribution in [0.4, 0.5) is 11.5 Å². The smallest absolute Gasteiger partial charge is 0.153 e. The Kier molecular flexibility index (Phi) is 4.83. The van der Waals surface area contributed by atoms with Crippen molar-refractivity contribution in [3.05, 3.63) is 17.3 Å². The van der Waals surface area contributed by atoms with Crippen LogP contribution in [0, 0.1) is 0 Å². The van der Waals surface area contributed by atoms with Gasteiger partial charge in [0.15, 0.2) is 5.82 Å². The van der Waals surface area contributed by atoms with Crippen LogP contribution in [0.2, 0.25) is 5.15 Å². The van der Waals surface area contributed by atoms with Crippen molar-refractivity contribution in [1.82, 2.24) is 4.98 Å². The molecule has 0 bridgehead atoms. The zero-order valence-electron chi connectivity index (χ0n) is 9.65. The fourth-order valence-corrected chi connectivity index (χ4v) is 1.66. The normalized spacial score (nSPS) is 10.8. The minimum Gasteiger partial charge on any atom is -0.396 e. The molecule has 0 spiro atoms. The Balaban J connectivity index is 2.95. The molecule has 1 heterocycles. The van der Waals surface area contributed by atoms with Crippen molar-refractivity contribution in [2.75, 3.05) is 23.8 Å². The van der Waals surface area contributed by atoms with Gasteiger partial charge in [0.25, 0.3) is 0 Å². The lowest BCUT2D eigenvalue weighted by Gasteiger charge is -2.28. The lowest BCUT2D eigenvalue weighted by Crippen LogP contribution is -2.33. The second kappa shape index (κ2) is 5.92.